The first-order valence-corrected chi connectivity index (χ1v) is 16.1. The van der Waals surface area contributed by atoms with E-state index in [0.29, 0.717) is 17.0 Å². The Kier molecular flexibility index (Phi) is 9.21. The van der Waals surface area contributed by atoms with Gasteiger partial charge in [0.1, 0.15) is 24.6 Å². The highest BCUT2D eigenvalue weighted by Gasteiger charge is 2.49. The monoisotopic (exact) mass is 619 g/mol. The average molecular weight is 620 g/mol. The Labute approximate surface area is 249 Å². The number of carbonyl (C=O) groups is 1. The van der Waals surface area contributed by atoms with E-state index < -0.39 is 38.4 Å². The summed E-state index contributed by atoms with van der Waals surface area (Å²) in [6.07, 6.45) is 4.59. The number of halogens is 1. The van der Waals surface area contributed by atoms with Gasteiger partial charge in [-0.05, 0) is 45.7 Å². The second-order valence-corrected chi connectivity index (χ2v) is 13.2. The van der Waals surface area contributed by atoms with E-state index in [1.165, 1.54) is 13.3 Å². The summed E-state index contributed by atoms with van der Waals surface area (Å²) in [5.74, 6) is -2.56. The molecule has 4 N–H and O–H groups in total. The van der Waals surface area contributed by atoms with Crippen LogP contribution in [0.3, 0.4) is 0 Å². The maximum atomic E-state index is 16.2. The number of para-hydroxylation sites is 1. The van der Waals surface area contributed by atoms with Crippen LogP contribution < -0.4 is 20.7 Å². The Morgan fingerprint density at radius 1 is 1.23 bits per heavy atom. The third-order valence-corrected chi connectivity index (χ3v) is 8.95. The summed E-state index contributed by atoms with van der Waals surface area (Å²) in [6, 6.07) is 7.45. The number of rotatable bonds is 12. The van der Waals surface area contributed by atoms with E-state index in [1.807, 2.05) is 6.92 Å². The van der Waals surface area contributed by atoms with Crippen molar-refractivity contribution in [2.45, 2.75) is 90.1 Å². The molecule has 1 aliphatic heterocycles. The molecule has 3 heterocycles. The highest BCUT2D eigenvalue weighted by molar-refractivity contribution is 7.52. The lowest BCUT2D eigenvalue weighted by molar-refractivity contribution is -0.173. The Balaban J connectivity index is 1.33. The lowest BCUT2D eigenvalue weighted by Gasteiger charge is -2.26. The maximum absolute atomic E-state index is 16.2. The number of anilines is 2. The molecular formula is C28H39FN7O6P. The molecule has 0 spiro atoms. The number of carbonyl (C=O) groups excluding carboxylic acids is 1. The molecule has 2 aliphatic rings. The van der Waals surface area contributed by atoms with Crippen LogP contribution >= 0.6 is 7.75 Å². The number of nitrogen functional groups attached to an aromatic ring is 1. The molecule has 43 heavy (non-hydrogen) atoms. The van der Waals surface area contributed by atoms with Crippen LogP contribution in [0.25, 0.3) is 11.2 Å². The second-order valence-electron chi connectivity index (χ2n) is 11.5. The summed E-state index contributed by atoms with van der Waals surface area (Å²) < 4.78 is 54.0. The van der Waals surface area contributed by atoms with Gasteiger partial charge in [0, 0.05) is 18.4 Å². The minimum atomic E-state index is -4.29. The van der Waals surface area contributed by atoms with Crippen LogP contribution in [0.5, 0.6) is 5.75 Å². The quantitative estimate of drug-likeness (QED) is 0.181. The number of alkyl halides is 1. The number of nitrogens with two attached hydrogens (primary N) is 1. The predicted molar refractivity (Wildman–Crippen MR) is 158 cm³/mol. The molecule has 1 aliphatic carbocycles. The zero-order valence-corrected chi connectivity index (χ0v) is 25.6. The number of hydrogen-bond donors (Lipinski definition) is 3. The zero-order chi connectivity index (χ0) is 30.8. The van der Waals surface area contributed by atoms with E-state index in [0.717, 1.165) is 25.7 Å². The SMILES string of the molecule is CC(C)OC(=O)[C@H](C)N[P@@](=O)(OC[C@]1(F)C[C@H](C)[C@H](n2cnc3c(NC4CCCC4)nc(N)nc32)O1)Oc1ccccc1. The van der Waals surface area contributed by atoms with Crippen molar-refractivity contribution in [3.63, 3.8) is 0 Å². The first kappa shape index (κ1) is 31.1. The molecule has 15 heteroatoms. The molecule has 5 atom stereocenters. The Hall–Kier alpha value is -3.32. The third kappa shape index (κ3) is 7.43. The predicted octanol–water partition coefficient (Wildman–Crippen LogP) is 5.12. The van der Waals surface area contributed by atoms with E-state index >= 15 is 4.39 Å². The van der Waals surface area contributed by atoms with Crippen molar-refractivity contribution >= 4 is 36.6 Å². The zero-order valence-electron chi connectivity index (χ0n) is 24.7. The van der Waals surface area contributed by atoms with Crippen molar-refractivity contribution in [2.75, 3.05) is 17.7 Å². The number of nitrogens with zero attached hydrogens (tertiary/aromatic N) is 4. The molecule has 0 amide bonds. The summed E-state index contributed by atoms with van der Waals surface area (Å²) in [7, 11) is -4.29. The summed E-state index contributed by atoms with van der Waals surface area (Å²) in [6.45, 7) is 5.93. The lowest BCUT2D eigenvalue weighted by atomic mass is 10.1. The number of fused-ring (bicyclic) bond motifs is 1. The number of aromatic nitrogens is 4. The first-order chi connectivity index (χ1) is 20.4. The van der Waals surface area contributed by atoms with E-state index in [4.69, 9.17) is 24.3 Å². The number of esters is 1. The minimum Gasteiger partial charge on any atom is -0.462 e. The average Bonchev–Trinajstić information content (AvgIpc) is 3.67. The molecule has 0 unspecified atom stereocenters. The molecule has 2 aromatic heterocycles. The smallest absolute Gasteiger partial charge is 0.459 e. The molecule has 5 rings (SSSR count). The molecule has 13 nitrogen and oxygen atoms in total. The van der Waals surface area contributed by atoms with Gasteiger partial charge < -0.3 is 25.0 Å². The van der Waals surface area contributed by atoms with Crippen LogP contribution in [-0.2, 0) is 23.4 Å². The van der Waals surface area contributed by atoms with Crippen molar-refractivity contribution in [1.82, 2.24) is 24.6 Å². The molecule has 3 aromatic rings. The molecule has 2 fully saturated rings. The van der Waals surface area contributed by atoms with Gasteiger partial charge in [0.05, 0.1) is 12.4 Å². The number of hydrogen-bond acceptors (Lipinski definition) is 11. The van der Waals surface area contributed by atoms with Crippen molar-refractivity contribution in [3.8, 4) is 5.75 Å². The van der Waals surface area contributed by atoms with Crippen molar-refractivity contribution in [2.24, 2.45) is 5.92 Å². The van der Waals surface area contributed by atoms with Crippen LogP contribution in [-0.4, -0.2) is 56.1 Å². The van der Waals surface area contributed by atoms with Gasteiger partial charge >= 0.3 is 13.7 Å². The largest absolute Gasteiger partial charge is 0.462 e. The molecule has 0 radical (unpaired) electrons. The molecule has 234 valence electrons. The summed E-state index contributed by atoms with van der Waals surface area (Å²) in [5.41, 5.74) is 6.96. The number of nitrogens with one attached hydrogen (secondary N) is 2. The number of benzene rings is 1. The number of imidazole rings is 1. The van der Waals surface area contributed by atoms with Gasteiger partial charge in [0.15, 0.2) is 17.0 Å². The molecule has 0 bridgehead atoms. The summed E-state index contributed by atoms with van der Waals surface area (Å²) >= 11 is 0. The lowest BCUT2D eigenvalue weighted by Crippen LogP contribution is -2.37. The van der Waals surface area contributed by atoms with Crippen LogP contribution in [0, 0.1) is 5.92 Å². The van der Waals surface area contributed by atoms with Crippen LogP contribution in [0.4, 0.5) is 16.2 Å². The maximum Gasteiger partial charge on any atom is 0.459 e. The van der Waals surface area contributed by atoms with Crippen molar-refractivity contribution in [3.05, 3.63) is 36.7 Å². The minimum absolute atomic E-state index is 0.0606. The normalized spacial score (nSPS) is 24.7. The highest BCUT2D eigenvalue weighted by Crippen LogP contribution is 2.49. The standard InChI is InChI=1S/C28H39FN7O6P/c1-17(2)40-26(37)19(4)35-43(38,42-21-12-6-5-7-13-21)39-15-28(29)14-18(3)25(41-28)36-16-31-22-23(32-20-10-8-9-11-20)33-27(30)34-24(22)36/h5-7,12-13,16-20,25H,8-11,14-15H2,1-4H3,(H,35,38)(H3,30,32,33,34)/t18-,19-,25+,28-,43+/m0/s1. The third-order valence-electron chi connectivity index (χ3n) is 7.33. The summed E-state index contributed by atoms with van der Waals surface area (Å²) in [4.78, 5) is 25.7. The Morgan fingerprint density at radius 3 is 2.65 bits per heavy atom. The van der Waals surface area contributed by atoms with Gasteiger partial charge in [-0.3, -0.25) is 13.9 Å². The Bertz CT molecular complexity index is 1470. The van der Waals surface area contributed by atoms with E-state index in [1.54, 1.807) is 48.7 Å². The fourth-order valence-corrected chi connectivity index (χ4v) is 6.91. The van der Waals surface area contributed by atoms with Crippen molar-refractivity contribution < 1.29 is 32.3 Å². The first-order valence-electron chi connectivity index (χ1n) is 14.5. The van der Waals surface area contributed by atoms with E-state index in [9.17, 15) is 9.36 Å². The fourth-order valence-electron chi connectivity index (χ4n) is 5.39. The van der Waals surface area contributed by atoms with Gasteiger partial charge in [-0.25, -0.2) is 13.9 Å². The summed E-state index contributed by atoms with van der Waals surface area (Å²) in [5, 5.41) is 5.99. The van der Waals surface area contributed by atoms with Crippen molar-refractivity contribution in [1.29, 1.82) is 0 Å². The van der Waals surface area contributed by atoms with E-state index in [2.05, 4.69) is 25.4 Å². The van der Waals surface area contributed by atoms with Crippen LogP contribution in [0.15, 0.2) is 36.7 Å². The van der Waals surface area contributed by atoms with Crippen LogP contribution in [0.2, 0.25) is 0 Å². The Morgan fingerprint density at radius 2 is 1.95 bits per heavy atom. The van der Waals surface area contributed by atoms with E-state index in [-0.39, 0.29) is 36.2 Å². The second kappa shape index (κ2) is 12.7. The topological polar surface area (TPSA) is 165 Å². The molecule has 1 aromatic carbocycles. The van der Waals surface area contributed by atoms with Gasteiger partial charge in [0.25, 0.3) is 0 Å². The molecule has 1 saturated carbocycles. The van der Waals surface area contributed by atoms with Gasteiger partial charge in [0.2, 0.25) is 11.8 Å². The number of ether oxygens (including phenoxy) is 2. The van der Waals surface area contributed by atoms with Crippen LogP contribution in [0.1, 0.15) is 66.0 Å². The fraction of sp³-hybridized carbons (Fsp3) is 0.571. The molecule has 1 saturated heterocycles. The van der Waals surface area contributed by atoms with Gasteiger partial charge in [-0.15, -0.1) is 0 Å². The van der Waals surface area contributed by atoms with Gasteiger partial charge in [-0.2, -0.15) is 15.1 Å². The highest BCUT2D eigenvalue weighted by atomic mass is 31.2. The molecular weight excluding hydrogens is 580 g/mol. The van der Waals surface area contributed by atoms with Gasteiger partial charge in [-0.1, -0.05) is 38.0 Å².